The third-order valence-electron chi connectivity index (χ3n) is 6.57. The maximum absolute atomic E-state index is 11.3. The summed E-state index contributed by atoms with van der Waals surface area (Å²) in [6, 6.07) is 32.3. The van der Waals surface area contributed by atoms with Crippen LogP contribution in [0.3, 0.4) is 0 Å². The minimum absolute atomic E-state index is 0.105. The lowest BCUT2D eigenvalue weighted by Gasteiger charge is -2.26. The zero-order valence-electron chi connectivity index (χ0n) is 22.2. The van der Waals surface area contributed by atoms with Crippen LogP contribution in [0.1, 0.15) is 54.2 Å². The van der Waals surface area contributed by atoms with Crippen LogP contribution in [-0.4, -0.2) is 10.0 Å². The summed E-state index contributed by atoms with van der Waals surface area (Å²) in [5.74, 6) is 0.450. The monoisotopic (exact) mass is 495 g/mol. The molecule has 0 radical (unpaired) electrons. The summed E-state index contributed by atoms with van der Waals surface area (Å²) in [5.41, 5.74) is 7.36. The maximum atomic E-state index is 11.3. The molecule has 0 aliphatic heterocycles. The number of hydrogen-bond donors (Lipinski definition) is 1. The number of aromatic hydroxyl groups is 1. The first-order valence-corrected chi connectivity index (χ1v) is 13.7. The summed E-state index contributed by atoms with van der Waals surface area (Å²) in [5, 5.41) is 13.6. The first-order chi connectivity index (χ1) is 17.2. The predicted octanol–water partition coefficient (Wildman–Crippen LogP) is 7.14. The molecule has 4 rings (SSSR count). The van der Waals surface area contributed by atoms with E-state index in [1.54, 1.807) is 0 Å². The normalized spacial score (nSPS) is 12.1. The Bertz CT molecular complexity index is 1250. The summed E-state index contributed by atoms with van der Waals surface area (Å²) in [6.45, 7) is 13.4. The molecule has 0 bridgehead atoms. The molecule has 0 fully saturated rings. The van der Waals surface area contributed by atoms with Crippen molar-refractivity contribution in [1.29, 1.82) is 0 Å². The van der Waals surface area contributed by atoms with Crippen LogP contribution in [0.5, 0.6) is 5.75 Å². The van der Waals surface area contributed by atoms with Gasteiger partial charge in [-0.1, -0.05) is 114 Å². The summed E-state index contributed by atoms with van der Waals surface area (Å²) >= 11 is 0. The molecule has 1 atom stereocenters. The highest BCUT2D eigenvalue weighted by Crippen LogP contribution is 2.34. The lowest BCUT2D eigenvalue weighted by Crippen LogP contribution is -2.26. The first kappa shape index (κ1) is 26.1. The van der Waals surface area contributed by atoms with Gasteiger partial charge in [0, 0.05) is 30.5 Å². The van der Waals surface area contributed by atoms with Gasteiger partial charge in [-0.15, -0.1) is 0 Å². The third kappa shape index (κ3) is 6.64. The Morgan fingerprint density at radius 3 is 1.86 bits per heavy atom. The van der Waals surface area contributed by atoms with Gasteiger partial charge in [-0.05, 0) is 58.5 Å². The van der Waals surface area contributed by atoms with Crippen LogP contribution < -0.4 is 10.6 Å². The molecule has 1 unspecified atom stereocenters. The van der Waals surface area contributed by atoms with E-state index in [1.165, 1.54) is 33.1 Å². The molecular weight excluding hydrogens is 457 g/mol. The van der Waals surface area contributed by atoms with E-state index in [0.29, 0.717) is 14.3 Å². The Morgan fingerprint density at radius 2 is 1.31 bits per heavy atom. The summed E-state index contributed by atoms with van der Waals surface area (Å²) < 4.78 is 0. The van der Waals surface area contributed by atoms with Gasteiger partial charge < -0.3 is 5.11 Å². The predicted molar refractivity (Wildman–Crippen MR) is 156 cm³/mol. The summed E-state index contributed by atoms with van der Waals surface area (Å²) in [6.07, 6.45) is 0. The number of benzene rings is 4. The smallest absolute Gasteiger partial charge is 0.127 e. The van der Waals surface area contributed by atoms with Gasteiger partial charge in [0.25, 0.3) is 0 Å². The Morgan fingerprint density at radius 1 is 0.722 bits per heavy atom. The Hall–Kier alpha value is -2.93. The maximum Gasteiger partial charge on any atom is 0.127 e. The average molecular weight is 496 g/mol. The van der Waals surface area contributed by atoms with E-state index in [9.17, 15) is 5.11 Å². The molecule has 36 heavy (non-hydrogen) atoms. The lowest BCUT2D eigenvalue weighted by molar-refractivity contribution is 0.248. The topological polar surface area (TPSA) is 23.5 Å². The molecular formula is C33H38NOP. The van der Waals surface area contributed by atoms with Crippen molar-refractivity contribution >= 4 is 19.2 Å². The molecule has 1 N–H and O–H groups in total. The van der Waals surface area contributed by atoms with E-state index < -0.39 is 0 Å². The number of phenols is 1. The second kappa shape index (κ2) is 11.4. The number of aryl methyl sites for hydroxylation is 2. The SMILES string of the molecule is Cc1cc(Pc2c(C)cccc2CN(Cc2ccccc2)Cc2ccccc2)c(O)c(C(C)(C)C)c1. The Balaban J connectivity index is 1.68. The minimum atomic E-state index is -0.105. The quantitative estimate of drug-likeness (QED) is 0.263. The molecule has 0 heterocycles. The molecule has 0 saturated carbocycles. The highest BCUT2D eigenvalue weighted by molar-refractivity contribution is 7.56. The molecule has 0 aliphatic rings. The van der Waals surface area contributed by atoms with Crippen LogP contribution in [0.15, 0.2) is 91.0 Å². The van der Waals surface area contributed by atoms with Crippen LogP contribution in [0.2, 0.25) is 0 Å². The fraction of sp³-hybridized carbons (Fsp3) is 0.273. The van der Waals surface area contributed by atoms with Crippen LogP contribution >= 0.6 is 8.58 Å². The number of nitrogens with zero attached hydrogens (tertiary/aromatic N) is 1. The van der Waals surface area contributed by atoms with Gasteiger partial charge in [-0.2, -0.15) is 0 Å². The zero-order chi connectivity index (χ0) is 25.7. The van der Waals surface area contributed by atoms with Crippen molar-refractivity contribution in [1.82, 2.24) is 4.90 Å². The van der Waals surface area contributed by atoms with Gasteiger partial charge in [-0.3, -0.25) is 4.90 Å². The second-order valence-electron chi connectivity index (χ2n) is 10.8. The van der Waals surface area contributed by atoms with Gasteiger partial charge in [0.1, 0.15) is 5.75 Å². The average Bonchev–Trinajstić information content (AvgIpc) is 2.84. The van der Waals surface area contributed by atoms with E-state index in [1.807, 2.05) is 0 Å². The molecule has 0 aromatic heterocycles. The molecule has 0 spiro atoms. The number of rotatable bonds is 8. The Kier molecular flexibility index (Phi) is 8.29. The van der Waals surface area contributed by atoms with Crippen molar-refractivity contribution in [3.05, 3.63) is 124 Å². The molecule has 0 aliphatic carbocycles. The van der Waals surface area contributed by atoms with Crippen molar-refractivity contribution < 1.29 is 5.11 Å². The van der Waals surface area contributed by atoms with Crippen molar-refractivity contribution in [2.45, 2.75) is 59.7 Å². The van der Waals surface area contributed by atoms with Gasteiger partial charge in [0.15, 0.2) is 0 Å². The fourth-order valence-corrected chi connectivity index (χ4v) is 6.14. The molecule has 3 heteroatoms. The van der Waals surface area contributed by atoms with Crippen LogP contribution in [0.4, 0.5) is 0 Å². The van der Waals surface area contributed by atoms with Crippen molar-refractivity contribution in [2.24, 2.45) is 0 Å². The van der Waals surface area contributed by atoms with Crippen molar-refractivity contribution in [3.63, 3.8) is 0 Å². The number of phenolic OH excluding ortho intramolecular Hbond substituents is 1. The zero-order valence-corrected chi connectivity index (χ0v) is 23.2. The van der Waals surface area contributed by atoms with Crippen molar-refractivity contribution in [3.8, 4) is 5.75 Å². The van der Waals surface area contributed by atoms with E-state index >= 15 is 0 Å². The van der Waals surface area contributed by atoms with E-state index in [-0.39, 0.29) is 5.41 Å². The molecule has 0 saturated heterocycles. The summed E-state index contributed by atoms with van der Waals surface area (Å²) in [4.78, 5) is 2.52. The molecule has 4 aromatic rings. The number of hydrogen-bond acceptors (Lipinski definition) is 2. The fourth-order valence-electron chi connectivity index (χ4n) is 4.71. The van der Waals surface area contributed by atoms with E-state index in [4.69, 9.17) is 0 Å². The Labute approximate surface area is 218 Å². The molecule has 4 aromatic carbocycles. The van der Waals surface area contributed by atoms with Gasteiger partial charge in [0.05, 0.1) is 0 Å². The van der Waals surface area contributed by atoms with Crippen molar-refractivity contribution in [2.75, 3.05) is 0 Å². The lowest BCUT2D eigenvalue weighted by atomic mass is 9.85. The van der Waals surface area contributed by atoms with Crippen LogP contribution in [0, 0.1) is 13.8 Å². The summed E-state index contributed by atoms with van der Waals surface area (Å²) in [7, 11) is 0.404. The molecule has 2 nitrogen and oxygen atoms in total. The van der Waals surface area contributed by atoms with Gasteiger partial charge in [0.2, 0.25) is 0 Å². The van der Waals surface area contributed by atoms with Crippen LogP contribution in [0.25, 0.3) is 0 Å². The highest BCUT2D eigenvalue weighted by Gasteiger charge is 2.22. The van der Waals surface area contributed by atoms with Crippen LogP contribution in [-0.2, 0) is 25.0 Å². The van der Waals surface area contributed by atoms with E-state index in [0.717, 1.165) is 30.5 Å². The molecule has 186 valence electrons. The first-order valence-electron chi connectivity index (χ1n) is 12.7. The largest absolute Gasteiger partial charge is 0.507 e. The van der Waals surface area contributed by atoms with Gasteiger partial charge >= 0.3 is 0 Å². The second-order valence-corrected chi connectivity index (χ2v) is 12.1. The van der Waals surface area contributed by atoms with Gasteiger partial charge in [-0.25, -0.2) is 0 Å². The standard InChI is InChI=1S/C33H38NOP/c1-24-19-29(33(3,4)5)31(35)30(20-24)36-32-25(2)13-12-18-28(32)23-34(21-26-14-8-6-9-15-26)22-27-16-10-7-11-17-27/h6-20,35-36H,21-23H2,1-5H3. The highest BCUT2D eigenvalue weighted by atomic mass is 31.1. The third-order valence-corrected chi connectivity index (χ3v) is 8.19. The minimum Gasteiger partial charge on any atom is -0.507 e. The molecule has 0 amide bonds. The van der Waals surface area contributed by atoms with E-state index in [2.05, 4.69) is 131 Å².